The summed E-state index contributed by atoms with van der Waals surface area (Å²) in [5.74, 6) is 0.210. The molecule has 0 aliphatic carbocycles. The third-order valence-electron chi connectivity index (χ3n) is 3.90. The van der Waals surface area contributed by atoms with E-state index in [0.29, 0.717) is 11.4 Å². The molecule has 0 aliphatic heterocycles. The highest BCUT2D eigenvalue weighted by Gasteiger charge is 2.18. The van der Waals surface area contributed by atoms with E-state index in [-0.39, 0.29) is 18.2 Å². The number of ether oxygens (including phenoxy) is 1. The number of oxime groups is 1. The van der Waals surface area contributed by atoms with E-state index in [1.807, 2.05) is 43.3 Å². The number of carbonyl (C=O) groups excluding carboxylic acids is 1. The zero-order chi connectivity index (χ0) is 19.9. The van der Waals surface area contributed by atoms with Crippen molar-refractivity contribution in [1.29, 1.82) is 0 Å². The van der Waals surface area contributed by atoms with Gasteiger partial charge in [0.15, 0.2) is 5.71 Å². The van der Waals surface area contributed by atoms with E-state index < -0.39 is 0 Å². The molecule has 144 valence electrons. The lowest BCUT2D eigenvalue weighted by Crippen LogP contribution is -2.29. The van der Waals surface area contributed by atoms with E-state index in [4.69, 9.17) is 9.57 Å². The van der Waals surface area contributed by atoms with Crippen LogP contribution in [0.5, 0.6) is 5.88 Å². The molecule has 2 heterocycles. The monoisotopic (exact) mass is 396 g/mol. The first-order valence-corrected chi connectivity index (χ1v) is 9.38. The quantitative estimate of drug-likeness (QED) is 0.490. The number of hydrogen-bond acceptors (Lipinski definition) is 7. The minimum atomic E-state index is -0.337. The number of nitrogens with zero attached hydrogens (tertiary/aromatic N) is 3. The Balaban J connectivity index is 1.84. The molecule has 3 aromatic rings. The fourth-order valence-electron chi connectivity index (χ4n) is 2.56. The van der Waals surface area contributed by atoms with Crippen molar-refractivity contribution in [2.75, 3.05) is 14.2 Å². The van der Waals surface area contributed by atoms with E-state index >= 15 is 0 Å². The average molecular weight is 396 g/mol. The number of rotatable bonds is 7. The van der Waals surface area contributed by atoms with Crippen molar-refractivity contribution in [3.8, 4) is 16.6 Å². The van der Waals surface area contributed by atoms with Crippen LogP contribution in [-0.4, -0.2) is 35.7 Å². The van der Waals surface area contributed by atoms with E-state index in [1.165, 1.54) is 18.4 Å². The Morgan fingerprint density at radius 3 is 2.71 bits per heavy atom. The number of hydrogen-bond donors (Lipinski definition) is 1. The number of carbonyl (C=O) groups is 1. The topological polar surface area (TPSA) is 85.7 Å². The van der Waals surface area contributed by atoms with E-state index in [9.17, 15) is 4.79 Å². The third kappa shape index (κ3) is 4.34. The number of thiazole rings is 1. The average Bonchev–Trinajstić information content (AvgIpc) is 3.11. The zero-order valence-corrected chi connectivity index (χ0v) is 16.6. The summed E-state index contributed by atoms with van der Waals surface area (Å²) in [6.07, 6.45) is 1.73. The summed E-state index contributed by atoms with van der Waals surface area (Å²) in [5.41, 5.74) is 2.43. The maximum absolute atomic E-state index is 12.2. The van der Waals surface area contributed by atoms with Gasteiger partial charge in [-0.05, 0) is 24.6 Å². The number of pyridine rings is 1. The van der Waals surface area contributed by atoms with Gasteiger partial charge in [-0.3, -0.25) is 9.78 Å². The van der Waals surface area contributed by atoms with Crippen LogP contribution in [0.15, 0.2) is 53.8 Å². The summed E-state index contributed by atoms with van der Waals surface area (Å²) in [6.45, 7) is 2.19. The van der Waals surface area contributed by atoms with Gasteiger partial charge in [-0.2, -0.15) is 4.98 Å². The molecule has 1 N–H and O–H groups in total. The van der Waals surface area contributed by atoms with Gasteiger partial charge in [0.25, 0.3) is 5.91 Å². The van der Waals surface area contributed by atoms with Crippen LogP contribution in [0, 0.1) is 6.92 Å². The van der Waals surface area contributed by atoms with Crippen molar-refractivity contribution in [1.82, 2.24) is 15.3 Å². The molecule has 0 saturated carbocycles. The van der Waals surface area contributed by atoms with Gasteiger partial charge in [0.05, 0.1) is 10.6 Å². The second-order valence-electron chi connectivity index (χ2n) is 5.74. The Morgan fingerprint density at radius 1 is 1.21 bits per heavy atom. The number of benzene rings is 1. The van der Waals surface area contributed by atoms with Gasteiger partial charge >= 0.3 is 0 Å². The number of nitrogens with one attached hydrogen (secondary N) is 1. The maximum atomic E-state index is 12.2. The zero-order valence-electron chi connectivity index (χ0n) is 15.8. The Bertz CT molecular complexity index is 986. The summed E-state index contributed by atoms with van der Waals surface area (Å²) in [5, 5.41) is 7.24. The Labute approximate surface area is 167 Å². The lowest BCUT2D eigenvalue weighted by Gasteiger charge is -2.11. The van der Waals surface area contributed by atoms with Crippen LogP contribution < -0.4 is 10.1 Å². The van der Waals surface area contributed by atoms with Crippen molar-refractivity contribution in [3.05, 3.63) is 64.7 Å². The van der Waals surface area contributed by atoms with E-state index in [1.54, 1.807) is 19.3 Å². The number of amides is 1. The van der Waals surface area contributed by atoms with Gasteiger partial charge in [-0.25, -0.2) is 0 Å². The molecular formula is C20H20N4O3S. The van der Waals surface area contributed by atoms with Crippen LogP contribution in [0.25, 0.3) is 10.7 Å². The van der Waals surface area contributed by atoms with Gasteiger partial charge in [0.2, 0.25) is 5.88 Å². The molecule has 0 aliphatic rings. The Kier molecular flexibility index (Phi) is 6.33. The highest BCUT2D eigenvalue weighted by atomic mass is 32.1. The molecular weight excluding hydrogens is 376 g/mol. The summed E-state index contributed by atoms with van der Waals surface area (Å²) in [4.78, 5) is 26.8. The van der Waals surface area contributed by atoms with Crippen molar-refractivity contribution >= 4 is 23.0 Å². The van der Waals surface area contributed by atoms with Gasteiger partial charge in [0, 0.05) is 18.8 Å². The molecule has 0 fully saturated rings. The molecule has 0 unspecified atom stereocenters. The smallest absolute Gasteiger partial charge is 0.273 e. The number of aryl methyl sites for hydroxylation is 1. The fraction of sp³-hybridized carbons (Fsp3) is 0.200. The second kappa shape index (κ2) is 9.09. The van der Waals surface area contributed by atoms with Gasteiger partial charge in [0.1, 0.15) is 18.7 Å². The minimum absolute atomic E-state index is 0.188. The van der Waals surface area contributed by atoms with Crippen LogP contribution in [-0.2, 0) is 16.2 Å². The lowest BCUT2D eigenvalue weighted by molar-refractivity contribution is -0.114. The van der Waals surface area contributed by atoms with Crippen molar-refractivity contribution < 1.29 is 14.4 Å². The molecule has 0 bridgehead atoms. The molecule has 1 amide bonds. The predicted octanol–water partition coefficient (Wildman–Crippen LogP) is 3.19. The third-order valence-corrected chi connectivity index (χ3v) is 4.87. The summed E-state index contributed by atoms with van der Waals surface area (Å²) < 4.78 is 5.95. The first-order chi connectivity index (χ1) is 13.6. The molecule has 1 aromatic carbocycles. The minimum Gasteiger partial charge on any atom is -0.472 e. The van der Waals surface area contributed by atoms with E-state index in [0.717, 1.165) is 21.1 Å². The number of likely N-dealkylation sites (N-methyl/N-ethyl adjacent to an activating group) is 1. The van der Waals surface area contributed by atoms with Crippen LogP contribution in [0.3, 0.4) is 0 Å². The molecule has 0 radical (unpaired) electrons. The molecule has 3 rings (SSSR count). The highest BCUT2D eigenvalue weighted by molar-refractivity contribution is 7.15. The molecule has 28 heavy (non-hydrogen) atoms. The SMILES string of the molecule is CNC(=O)/C(=N\OC)c1ccccc1COc1nc(-c2ccccn2)sc1C. The predicted molar refractivity (Wildman–Crippen MR) is 108 cm³/mol. The normalized spacial score (nSPS) is 11.2. The summed E-state index contributed by atoms with van der Waals surface area (Å²) in [6, 6.07) is 13.1. The second-order valence-corrected chi connectivity index (χ2v) is 6.95. The molecule has 0 atom stereocenters. The molecule has 2 aromatic heterocycles. The van der Waals surface area contributed by atoms with Crippen LogP contribution in [0.2, 0.25) is 0 Å². The van der Waals surface area contributed by atoms with Gasteiger partial charge in [-0.15, -0.1) is 11.3 Å². The van der Waals surface area contributed by atoms with Gasteiger partial charge in [-0.1, -0.05) is 35.5 Å². The highest BCUT2D eigenvalue weighted by Crippen LogP contribution is 2.31. The molecule has 8 heteroatoms. The van der Waals surface area contributed by atoms with Crippen molar-refractivity contribution in [2.45, 2.75) is 13.5 Å². The first-order valence-electron chi connectivity index (χ1n) is 8.57. The molecule has 7 nitrogen and oxygen atoms in total. The van der Waals surface area contributed by atoms with Crippen molar-refractivity contribution in [3.63, 3.8) is 0 Å². The Hall–Kier alpha value is -3.26. The molecule has 0 saturated heterocycles. The molecule has 0 spiro atoms. The summed E-state index contributed by atoms with van der Waals surface area (Å²) >= 11 is 1.52. The van der Waals surface area contributed by atoms with Crippen LogP contribution >= 0.6 is 11.3 Å². The lowest BCUT2D eigenvalue weighted by atomic mass is 10.0. The maximum Gasteiger partial charge on any atom is 0.273 e. The van der Waals surface area contributed by atoms with Crippen LogP contribution in [0.4, 0.5) is 0 Å². The van der Waals surface area contributed by atoms with Gasteiger partial charge < -0.3 is 14.9 Å². The largest absolute Gasteiger partial charge is 0.472 e. The standard InChI is InChI=1S/C20H20N4O3S/c1-13-19(23-20(28-13)16-10-6-7-11-22-16)27-12-14-8-4-5-9-15(14)17(24-26-3)18(25)21-2/h4-11H,12H2,1-3H3,(H,21,25)/b24-17-. The summed E-state index contributed by atoms with van der Waals surface area (Å²) in [7, 11) is 2.95. The van der Waals surface area contributed by atoms with Crippen molar-refractivity contribution in [2.24, 2.45) is 5.16 Å². The van der Waals surface area contributed by atoms with Crippen LogP contribution in [0.1, 0.15) is 16.0 Å². The Morgan fingerprint density at radius 2 is 2.00 bits per heavy atom. The fourth-order valence-corrected chi connectivity index (χ4v) is 3.40. The number of aromatic nitrogens is 2. The first kappa shape index (κ1) is 19.5. The van der Waals surface area contributed by atoms with E-state index in [2.05, 4.69) is 20.4 Å².